The van der Waals surface area contributed by atoms with Crippen molar-refractivity contribution in [3.05, 3.63) is 0 Å². The van der Waals surface area contributed by atoms with Crippen LogP contribution in [0.1, 0.15) is 70.6 Å². The van der Waals surface area contributed by atoms with Gasteiger partial charge in [-0.2, -0.15) is 0 Å². The zero-order valence-corrected chi connectivity index (χ0v) is 11.5. The van der Waals surface area contributed by atoms with Gasteiger partial charge in [-0.25, -0.2) is 0 Å². The van der Waals surface area contributed by atoms with E-state index in [0.29, 0.717) is 17.6 Å². The zero-order chi connectivity index (χ0) is 12.4. The van der Waals surface area contributed by atoms with Gasteiger partial charge in [-0.3, -0.25) is 4.79 Å². The summed E-state index contributed by atoms with van der Waals surface area (Å²) in [5.41, 5.74) is 0.128. The highest BCUT2D eigenvalue weighted by Gasteiger charge is 2.45. The smallest absolute Gasteiger partial charge is 0.139 e. The van der Waals surface area contributed by atoms with Gasteiger partial charge in [-0.15, -0.1) is 0 Å². The standard InChI is InChI=1S/C16H26O2/c17-15(13-6-3-1-2-4-7-13)14-8-11-18-16(12-14)9-5-10-16/h13-14H,1-12H2. The summed E-state index contributed by atoms with van der Waals surface area (Å²) < 4.78 is 5.94. The van der Waals surface area contributed by atoms with Crippen molar-refractivity contribution in [2.24, 2.45) is 11.8 Å². The summed E-state index contributed by atoms with van der Waals surface area (Å²) in [5, 5.41) is 0. The van der Waals surface area contributed by atoms with Crippen LogP contribution in [0.3, 0.4) is 0 Å². The van der Waals surface area contributed by atoms with Crippen molar-refractivity contribution in [2.45, 2.75) is 76.2 Å². The molecular weight excluding hydrogens is 224 g/mol. The summed E-state index contributed by atoms with van der Waals surface area (Å²) in [6.07, 6.45) is 13.2. The van der Waals surface area contributed by atoms with Crippen molar-refractivity contribution < 1.29 is 9.53 Å². The quantitative estimate of drug-likeness (QED) is 0.695. The lowest BCUT2D eigenvalue weighted by Crippen LogP contribution is -2.47. The number of carbonyl (C=O) groups is 1. The molecule has 2 nitrogen and oxygen atoms in total. The Labute approximate surface area is 110 Å². The molecule has 1 heterocycles. The Balaban J connectivity index is 1.60. The Morgan fingerprint density at radius 3 is 2.22 bits per heavy atom. The fourth-order valence-electron chi connectivity index (χ4n) is 4.09. The van der Waals surface area contributed by atoms with Gasteiger partial charge in [0.05, 0.1) is 5.60 Å². The molecule has 0 aromatic rings. The number of hydrogen-bond donors (Lipinski definition) is 0. The number of ketones is 1. The van der Waals surface area contributed by atoms with Crippen LogP contribution in [-0.4, -0.2) is 18.0 Å². The van der Waals surface area contributed by atoms with Gasteiger partial charge in [0, 0.05) is 18.4 Å². The van der Waals surface area contributed by atoms with E-state index in [2.05, 4.69) is 0 Å². The lowest BCUT2D eigenvalue weighted by Gasteiger charge is -2.47. The van der Waals surface area contributed by atoms with Crippen molar-refractivity contribution >= 4 is 5.78 Å². The minimum Gasteiger partial charge on any atom is -0.375 e. The van der Waals surface area contributed by atoms with Gasteiger partial charge in [-0.1, -0.05) is 25.7 Å². The SMILES string of the molecule is O=C(C1CCCCCC1)C1CCOC2(CCC2)C1. The minimum atomic E-state index is 0.128. The number of ether oxygens (including phenoxy) is 1. The second kappa shape index (κ2) is 5.32. The van der Waals surface area contributed by atoms with Crippen molar-refractivity contribution in [1.82, 2.24) is 0 Å². The molecule has 1 atom stereocenters. The monoisotopic (exact) mass is 250 g/mol. The molecule has 3 aliphatic rings. The van der Waals surface area contributed by atoms with Crippen LogP contribution >= 0.6 is 0 Å². The number of hydrogen-bond acceptors (Lipinski definition) is 2. The first kappa shape index (κ1) is 12.7. The number of rotatable bonds is 2. The topological polar surface area (TPSA) is 26.3 Å². The lowest BCUT2D eigenvalue weighted by atomic mass is 9.69. The van der Waals surface area contributed by atoms with Gasteiger partial charge in [0.15, 0.2) is 0 Å². The molecule has 0 aromatic carbocycles. The van der Waals surface area contributed by atoms with E-state index in [9.17, 15) is 4.79 Å². The fraction of sp³-hybridized carbons (Fsp3) is 0.938. The molecule has 0 aromatic heterocycles. The van der Waals surface area contributed by atoms with Gasteiger partial charge in [-0.05, 0) is 44.9 Å². The molecule has 0 bridgehead atoms. The second-order valence-electron chi connectivity index (χ2n) is 6.67. The molecule has 1 unspecified atom stereocenters. The lowest BCUT2D eigenvalue weighted by molar-refractivity contribution is -0.158. The van der Waals surface area contributed by atoms with Crippen molar-refractivity contribution in [2.75, 3.05) is 6.61 Å². The van der Waals surface area contributed by atoms with E-state index in [-0.39, 0.29) is 5.60 Å². The molecular formula is C16H26O2. The van der Waals surface area contributed by atoms with Crippen LogP contribution in [-0.2, 0) is 9.53 Å². The van der Waals surface area contributed by atoms with Crippen LogP contribution in [0.4, 0.5) is 0 Å². The highest BCUT2D eigenvalue weighted by molar-refractivity contribution is 5.83. The van der Waals surface area contributed by atoms with E-state index in [1.54, 1.807) is 0 Å². The third kappa shape index (κ3) is 2.49. The molecule has 3 fully saturated rings. The molecule has 0 amide bonds. The first-order valence-electron chi connectivity index (χ1n) is 7.97. The molecule has 1 aliphatic heterocycles. The predicted octanol–water partition coefficient (Wildman–Crippen LogP) is 3.88. The van der Waals surface area contributed by atoms with Crippen LogP contribution < -0.4 is 0 Å². The summed E-state index contributed by atoms with van der Waals surface area (Å²) in [6, 6.07) is 0. The van der Waals surface area contributed by atoms with Gasteiger partial charge in [0.25, 0.3) is 0 Å². The van der Waals surface area contributed by atoms with E-state index in [4.69, 9.17) is 4.74 Å². The van der Waals surface area contributed by atoms with E-state index in [1.165, 1.54) is 44.9 Å². The average Bonchev–Trinajstić information content (AvgIpc) is 2.65. The minimum absolute atomic E-state index is 0.128. The van der Waals surface area contributed by atoms with Crippen LogP contribution in [0.25, 0.3) is 0 Å². The molecule has 2 saturated carbocycles. The summed E-state index contributed by atoms with van der Waals surface area (Å²) in [7, 11) is 0. The van der Waals surface area contributed by atoms with E-state index >= 15 is 0 Å². The van der Waals surface area contributed by atoms with E-state index < -0.39 is 0 Å². The largest absolute Gasteiger partial charge is 0.375 e. The predicted molar refractivity (Wildman–Crippen MR) is 71.5 cm³/mol. The molecule has 3 rings (SSSR count). The highest BCUT2D eigenvalue weighted by atomic mass is 16.5. The van der Waals surface area contributed by atoms with Gasteiger partial charge in [0.2, 0.25) is 0 Å². The molecule has 1 spiro atoms. The third-order valence-electron chi connectivity index (χ3n) is 5.42. The fourth-order valence-corrected chi connectivity index (χ4v) is 4.09. The van der Waals surface area contributed by atoms with Gasteiger partial charge < -0.3 is 4.74 Å². The van der Waals surface area contributed by atoms with Gasteiger partial charge in [0.1, 0.15) is 5.78 Å². The normalized spacial score (nSPS) is 32.8. The average molecular weight is 250 g/mol. The number of carbonyl (C=O) groups excluding carboxylic acids is 1. The van der Waals surface area contributed by atoms with Crippen molar-refractivity contribution in [1.29, 1.82) is 0 Å². The summed E-state index contributed by atoms with van der Waals surface area (Å²) >= 11 is 0. The van der Waals surface area contributed by atoms with Crippen LogP contribution in [0, 0.1) is 11.8 Å². The van der Waals surface area contributed by atoms with E-state index in [1.807, 2.05) is 0 Å². The Morgan fingerprint density at radius 2 is 1.61 bits per heavy atom. The summed E-state index contributed by atoms with van der Waals surface area (Å²) in [6.45, 7) is 0.823. The Kier molecular flexibility index (Phi) is 3.74. The summed E-state index contributed by atoms with van der Waals surface area (Å²) in [4.78, 5) is 12.7. The number of Topliss-reactive ketones (excluding diaryl/α,β-unsaturated/α-hetero) is 1. The maximum Gasteiger partial charge on any atom is 0.139 e. The first-order valence-corrected chi connectivity index (χ1v) is 7.97. The first-order chi connectivity index (χ1) is 8.79. The Bertz CT molecular complexity index is 298. The maximum absolute atomic E-state index is 12.7. The molecule has 0 radical (unpaired) electrons. The summed E-state index contributed by atoms with van der Waals surface area (Å²) in [5.74, 6) is 1.29. The zero-order valence-electron chi connectivity index (χ0n) is 11.5. The molecule has 2 aliphatic carbocycles. The third-order valence-corrected chi connectivity index (χ3v) is 5.42. The Morgan fingerprint density at radius 1 is 0.889 bits per heavy atom. The highest BCUT2D eigenvalue weighted by Crippen LogP contribution is 2.45. The van der Waals surface area contributed by atoms with Crippen LogP contribution in [0.5, 0.6) is 0 Å². The Hall–Kier alpha value is -0.370. The van der Waals surface area contributed by atoms with E-state index in [0.717, 1.165) is 32.3 Å². The van der Waals surface area contributed by atoms with Gasteiger partial charge >= 0.3 is 0 Å². The molecule has 102 valence electrons. The van der Waals surface area contributed by atoms with Crippen molar-refractivity contribution in [3.63, 3.8) is 0 Å². The molecule has 18 heavy (non-hydrogen) atoms. The molecule has 0 N–H and O–H groups in total. The van der Waals surface area contributed by atoms with Crippen LogP contribution in [0.15, 0.2) is 0 Å². The molecule has 1 saturated heterocycles. The molecule has 2 heteroatoms. The van der Waals surface area contributed by atoms with Crippen LogP contribution in [0.2, 0.25) is 0 Å². The van der Waals surface area contributed by atoms with Crippen molar-refractivity contribution in [3.8, 4) is 0 Å². The maximum atomic E-state index is 12.7. The second-order valence-corrected chi connectivity index (χ2v) is 6.67.